The molecule has 0 N–H and O–H groups in total. The number of carbonyl (C=O) groups excluding carboxylic acids is 1. The highest BCUT2D eigenvalue weighted by Gasteiger charge is 2.12. The summed E-state index contributed by atoms with van der Waals surface area (Å²) >= 11 is 0. The number of para-hydroxylation sites is 1. The predicted molar refractivity (Wildman–Crippen MR) is 72.2 cm³/mol. The monoisotopic (exact) mass is 232 g/mol. The highest BCUT2D eigenvalue weighted by Crippen LogP contribution is 2.14. The van der Waals surface area contributed by atoms with Gasteiger partial charge in [0.05, 0.1) is 6.54 Å². The Morgan fingerprint density at radius 2 is 1.76 bits per heavy atom. The zero-order valence-corrected chi connectivity index (χ0v) is 10.8. The molecule has 0 radical (unpaired) electrons. The van der Waals surface area contributed by atoms with Crippen LogP contribution < -0.4 is 4.90 Å². The maximum absolute atomic E-state index is 11.8. The fraction of sp³-hybridized carbons (Fsp3) is 0.357. The molecule has 1 aromatic rings. The Morgan fingerprint density at radius 3 is 2.24 bits per heavy atom. The van der Waals surface area contributed by atoms with Crippen LogP contribution in [0.3, 0.4) is 0 Å². The van der Waals surface area contributed by atoms with Crippen LogP contribution in [0.1, 0.15) is 6.92 Å². The zero-order chi connectivity index (χ0) is 12.8. The fourth-order valence-corrected chi connectivity index (χ4v) is 1.51. The van der Waals surface area contributed by atoms with Crippen molar-refractivity contribution in [3.05, 3.63) is 42.5 Å². The van der Waals surface area contributed by atoms with E-state index in [1.807, 2.05) is 42.2 Å². The average Bonchev–Trinajstić information content (AvgIpc) is 2.28. The molecule has 17 heavy (non-hydrogen) atoms. The minimum absolute atomic E-state index is 0.0927. The second-order valence-electron chi connectivity index (χ2n) is 4.44. The van der Waals surface area contributed by atoms with E-state index in [1.165, 1.54) is 0 Å². The number of benzene rings is 1. The van der Waals surface area contributed by atoms with E-state index in [-0.39, 0.29) is 5.91 Å². The molecule has 0 bridgehead atoms. The lowest BCUT2D eigenvalue weighted by molar-refractivity contribution is -0.127. The van der Waals surface area contributed by atoms with Gasteiger partial charge >= 0.3 is 0 Å². The van der Waals surface area contributed by atoms with Crippen LogP contribution in [0.2, 0.25) is 0 Å². The van der Waals surface area contributed by atoms with Crippen molar-refractivity contribution in [2.24, 2.45) is 0 Å². The molecule has 92 valence electrons. The summed E-state index contributed by atoms with van der Waals surface area (Å²) in [6.07, 6.45) is 0. The van der Waals surface area contributed by atoms with Gasteiger partial charge in [0.25, 0.3) is 0 Å². The van der Waals surface area contributed by atoms with Crippen LogP contribution in [-0.2, 0) is 4.79 Å². The molecule has 1 aromatic carbocycles. The molecule has 0 atom stereocenters. The lowest BCUT2D eigenvalue weighted by Crippen LogP contribution is -2.37. The standard InChI is InChI=1S/C14H20N2O/c1-12(2)10-16(11-14(17)15(3)4)13-8-6-5-7-9-13/h5-9H,1,10-11H2,2-4H3. The highest BCUT2D eigenvalue weighted by molar-refractivity contribution is 5.81. The summed E-state index contributed by atoms with van der Waals surface area (Å²) in [7, 11) is 3.54. The van der Waals surface area contributed by atoms with E-state index in [2.05, 4.69) is 6.58 Å². The summed E-state index contributed by atoms with van der Waals surface area (Å²) in [5, 5.41) is 0. The van der Waals surface area contributed by atoms with Gasteiger partial charge in [0.2, 0.25) is 5.91 Å². The van der Waals surface area contributed by atoms with Crippen molar-refractivity contribution in [2.75, 3.05) is 32.1 Å². The van der Waals surface area contributed by atoms with Crippen molar-refractivity contribution in [3.63, 3.8) is 0 Å². The third-order valence-electron chi connectivity index (χ3n) is 2.41. The van der Waals surface area contributed by atoms with E-state index in [0.29, 0.717) is 13.1 Å². The molecule has 3 nitrogen and oxygen atoms in total. The van der Waals surface area contributed by atoms with E-state index >= 15 is 0 Å². The van der Waals surface area contributed by atoms with Crippen LogP contribution >= 0.6 is 0 Å². The van der Waals surface area contributed by atoms with Crippen LogP contribution in [0, 0.1) is 0 Å². The number of likely N-dealkylation sites (N-methyl/N-ethyl adjacent to an activating group) is 1. The van der Waals surface area contributed by atoms with Crippen molar-refractivity contribution in [3.8, 4) is 0 Å². The SMILES string of the molecule is C=C(C)CN(CC(=O)N(C)C)c1ccccc1. The number of hydrogen-bond acceptors (Lipinski definition) is 2. The first-order valence-electron chi connectivity index (χ1n) is 5.65. The van der Waals surface area contributed by atoms with Gasteiger partial charge in [0, 0.05) is 26.3 Å². The van der Waals surface area contributed by atoms with Crippen LogP contribution in [-0.4, -0.2) is 38.0 Å². The molecule has 3 heteroatoms. The largest absolute Gasteiger partial charge is 0.358 e. The normalized spacial score (nSPS) is 9.82. The van der Waals surface area contributed by atoms with Gasteiger partial charge in [0.15, 0.2) is 0 Å². The topological polar surface area (TPSA) is 23.6 Å². The summed E-state index contributed by atoms with van der Waals surface area (Å²) in [4.78, 5) is 15.4. The van der Waals surface area contributed by atoms with E-state index in [9.17, 15) is 4.79 Å². The Balaban J connectivity index is 2.81. The van der Waals surface area contributed by atoms with E-state index < -0.39 is 0 Å². The number of nitrogens with zero attached hydrogens (tertiary/aromatic N) is 2. The molecule has 1 rings (SSSR count). The van der Waals surface area contributed by atoms with Crippen molar-refractivity contribution < 1.29 is 4.79 Å². The van der Waals surface area contributed by atoms with Gasteiger partial charge in [-0.15, -0.1) is 0 Å². The van der Waals surface area contributed by atoms with Crippen LogP contribution in [0.4, 0.5) is 5.69 Å². The lowest BCUT2D eigenvalue weighted by Gasteiger charge is -2.25. The molecule has 0 spiro atoms. The number of carbonyl (C=O) groups is 1. The maximum atomic E-state index is 11.8. The Labute approximate surface area is 103 Å². The molecule has 0 fully saturated rings. The molecule has 0 saturated carbocycles. The zero-order valence-electron chi connectivity index (χ0n) is 10.8. The number of amides is 1. The Morgan fingerprint density at radius 1 is 1.18 bits per heavy atom. The molecule has 0 aromatic heterocycles. The predicted octanol–water partition coefficient (Wildman–Crippen LogP) is 2.16. The first kappa shape index (κ1) is 13.3. The van der Waals surface area contributed by atoms with Gasteiger partial charge < -0.3 is 9.80 Å². The molecular weight excluding hydrogens is 212 g/mol. The van der Waals surface area contributed by atoms with E-state index in [1.54, 1.807) is 19.0 Å². The second-order valence-corrected chi connectivity index (χ2v) is 4.44. The van der Waals surface area contributed by atoms with Gasteiger partial charge in [-0.3, -0.25) is 4.79 Å². The molecule has 0 aliphatic rings. The minimum atomic E-state index is 0.0927. The van der Waals surface area contributed by atoms with Crippen molar-refractivity contribution in [1.29, 1.82) is 0 Å². The van der Waals surface area contributed by atoms with Crippen LogP contribution in [0.15, 0.2) is 42.5 Å². The summed E-state index contributed by atoms with van der Waals surface area (Å²) < 4.78 is 0. The summed E-state index contributed by atoms with van der Waals surface area (Å²) in [5.74, 6) is 0.0927. The number of rotatable bonds is 5. The van der Waals surface area contributed by atoms with Gasteiger partial charge in [-0.05, 0) is 19.1 Å². The van der Waals surface area contributed by atoms with Crippen molar-refractivity contribution >= 4 is 11.6 Å². The first-order chi connectivity index (χ1) is 8.00. The first-order valence-corrected chi connectivity index (χ1v) is 5.65. The molecule has 0 aliphatic heterocycles. The molecule has 0 saturated heterocycles. The third-order valence-corrected chi connectivity index (χ3v) is 2.41. The highest BCUT2D eigenvalue weighted by atomic mass is 16.2. The van der Waals surface area contributed by atoms with E-state index in [4.69, 9.17) is 0 Å². The minimum Gasteiger partial charge on any atom is -0.358 e. The number of hydrogen-bond donors (Lipinski definition) is 0. The van der Waals surface area contributed by atoms with Crippen molar-refractivity contribution in [2.45, 2.75) is 6.92 Å². The van der Waals surface area contributed by atoms with Gasteiger partial charge in [-0.2, -0.15) is 0 Å². The van der Waals surface area contributed by atoms with Crippen LogP contribution in [0.5, 0.6) is 0 Å². The van der Waals surface area contributed by atoms with E-state index in [0.717, 1.165) is 11.3 Å². The third kappa shape index (κ3) is 4.31. The molecule has 0 heterocycles. The Bertz CT molecular complexity index is 384. The lowest BCUT2D eigenvalue weighted by atomic mass is 10.2. The summed E-state index contributed by atoms with van der Waals surface area (Å²) in [6, 6.07) is 9.93. The molecule has 0 aliphatic carbocycles. The fourth-order valence-electron chi connectivity index (χ4n) is 1.51. The van der Waals surface area contributed by atoms with Crippen LogP contribution in [0.25, 0.3) is 0 Å². The quantitative estimate of drug-likeness (QED) is 0.726. The molecule has 0 unspecified atom stereocenters. The molecule has 1 amide bonds. The summed E-state index contributed by atoms with van der Waals surface area (Å²) in [6.45, 7) is 6.95. The van der Waals surface area contributed by atoms with Gasteiger partial charge in [-0.1, -0.05) is 30.4 Å². The Hall–Kier alpha value is -1.77. The smallest absolute Gasteiger partial charge is 0.241 e. The van der Waals surface area contributed by atoms with Crippen molar-refractivity contribution in [1.82, 2.24) is 4.90 Å². The average molecular weight is 232 g/mol. The second kappa shape index (κ2) is 6.09. The molecular formula is C14H20N2O. The summed E-state index contributed by atoms with van der Waals surface area (Å²) in [5.41, 5.74) is 2.09. The van der Waals surface area contributed by atoms with Gasteiger partial charge in [0.1, 0.15) is 0 Å². The maximum Gasteiger partial charge on any atom is 0.241 e. The van der Waals surface area contributed by atoms with Gasteiger partial charge in [-0.25, -0.2) is 0 Å². The number of anilines is 1. The Kier molecular flexibility index (Phi) is 4.76.